The summed E-state index contributed by atoms with van der Waals surface area (Å²) in [6.45, 7) is 0. The summed E-state index contributed by atoms with van der Waals surface area (Å²) in [5.41, 5.74) is 0. The molecular formula is H12N4Pt+2. The second-order valence-corrected chi connectivity index (χ2v) is 0. The summed E-state index contributed by atoms with van der Waals surface area (Å²) in [4.78, 5) is 0. The van der Waals surface area contributed by atoms with E-state index in [-0.39, 0.29) is 45.7 Å². The quantitative estimate of drug-likeness (QED) is 0.509. The van der Waals surface area contributed by atoms with Gasteiger partial charge in [-0.15, -0.1) is 0 Å². The predicted molar refractivity (Wildman–Crippen MR) is 20.1 cm³/mol. The fourth-order valence-corrected chi connectivity index (χ4v) is 0. The van der Waals surface area contributed by atoms with Gasteiger partial charge in [-0.2, -0.15) is 0 Å². The van der Waals surface area contributed by atoms with Gasteiger partial charge in [0, 0.05) is 0 Å². The van der Waals surface area contributed by atoms with Crippen molar-refractivity contribution in [2.45, 2.75) is 0 Å². The standard InChI is InChI=1S/4H3N.Pt/h4*1H3;/q;;;;+2. The Labute approximate surface area is 46.3 Å². The third kappa shape index (κ3) is 104. The summed E-state index contributed by atoms with van der Waals surface area (Å²) in [6.07, 6.45) is 0. The van der Waals surface area contributed by atoms with Gasteiger partial charge in [-0.25, -0.2) is 0 Å². The van der Waals surface area contributed by atoms with Crippen LogP contribution in [0.4, 0.5) is 0 Å². The van der Waals surface area contributed by atoms with E-state index in [1.807, 2.05) is 0 Å². The summed E-state index contributed by atoms with van der Waals surface area (Å²) < 4.78 is 0. The van der Waals surface area contributed by atoms with Gasteiger partial charge < -0.3 is 24.6 Å². The van der Waals surface area contributed by atoms with Crippen LogP contribution in [0, 0.1) is 0 Å². The molecule has 0 aliphatic carbocycles. The van der Waals surface area contributed by atoms with E-state index < -0.39 is 0 Å². The molecule has 0 aromatic carbocycles. The second-order valence-electron chi connectivity index (χ2n) is 0. The molecule has 0 spiro atoms. The van der Waals surface area contributed by atoms with Crippen molar-refractivity contribution in [2.75, 3.05) is 0 Å². The number of hydrogen-bond acceptors (Lipinski definition) is 4. The molecule has 12 N–H and O–H groups in total. The molecule has 0 saturated carbocycles. The zero-order valence-corrected chi connectivity index (χ0v) is 5.42. The van der Waals surface area contributed by atoms with Crippen LogP contribution in [0.25, 0.3) is 0 Å². The van der Waals surface area contributed by atoms with E-state index >= 15 is 0 Å². The second kappa shape index (κ2) is 202. The van der Waals surface area contributed by atoms with Gasteiger partial charge in [0.25, 0.3) is 0 Å². The maximum absolute atomic E-state index is 0. The first-order chi connectivity index (χ1) is 0. The molecule has 0 saturated heterocycles. The third-order valence-electron chi connectivity index (χ3n) is 0. The summed E-state index contributed by atoms with van der Waals surface area (Å²) in [5, 5.41) is 0. The van der Waals surface area contributed by atoms with Crippen LogP contribution in [0.1, 0.15) is 0 Å². The van der Waals surface area contributed by atoms with E-state index in [0.717, 1.165) is 0 Å². The predicted octanol–water partition coefficient (Wildman–Crippen LogP) is 0.645. The van der Waals surface area contributed by atoms with Crippen LogP contribution in [0.2, 0.25) is 0 Å². The fraction of sp³-hybridized carbons (Fsp3) is 0. The topological polar surface area (TPSA) is 140 Å². The van der Waals surface area contributed by atoms with Crippen LogP contribution >= 0.6 is 0 Å². The summed E-state index contributed by atoms with van der Waals surface area (Å²) in [7, 11) is 0. The van der Waals surface area contributed by atoms with Crippen molar-refractivity contribution in [3.8, 4) is 0 Å². The van der Waals surface area contributed by atoms with Crippen molar-refractivity contribution in [1.29, 1.82) is 0 Å². The summed E-state index contributed by atoms with van der Waals surface area (Å²) in [6, 6.07) is 0. The van der Waals surface area contributed by atoms with Gasteiger partial charge in [-0.05, 0) is 0 Å². The molecule has 0 aliphatic rings. The minimum absolute atomic E-state index is 0. The van der Waals surface area contributed by atoms with Gasteiger partial charge in [0.1, 0.15) is 0 Å². The Balaban J connectivity index is 0. The molecule has 0 amide bonds. The Morgan fingerprint density at radius 2 is 0.400 bits per heavy atom. The van der Waals surface area contributed by atoms with Gasteiger partial charge in [0.2, 0.25) is 0 Å². The minimum Gasteiger partial charge on any atom is -0.344 e. The van der Waals surface area contributed by atoms with Crippen molar-refractivity contribution in [3.05, 3.63) is 0 Å². The Morgan fingerprint density at radius 1 is 0.400 bits per heavy atom. The molecular weight excluding hydrogens is 251 g/mol. The van der Waals surface area contributed by atoms with Crippen molar-refractivity contribution in [1.82, 2.24) is 24.6 Å². The van der Waals surface area contributed by atoms with Crippen LogP contribution in [0.15, 0.2) is 0 Å². The average Bonchev–Trinajstić information content (AvgIpc) is 0. The smallest absolute Gasteiger partial charge is 0.344 e. The maximum Gasteiger partial charge on any atom is 2.00 e. The molecule has 40 valence electrons. The molecule has 4 nitrogen and oxygen atoms in total. The van der Waals surface area contributed by atoms with Gasteiger partial charge in [0.15, 0.2) is 0 Å². The van der Waals surface area contributed by atoms with Crippen LogP contribution in [-0.2, 0) is 21.1 Å². The molecule has 0 bridgehead atoms. The van der Waals surface area contributed by atoms with E-state index in [1.165, 1.54) is 0 Å². The molecule has 5 heavy (non-hydrogen) atoms. The molecule has 0 fully saturated rings. The van der Waals surface area contributed by atoms with Crippen LogP contribution in [0.3, 0.4) is 0 Å². The average molecular weight is 263 g/mol. The van der Waals surface area contributed by atoms with Crippen LogP contribution < -0.4 is 24.6 Å². The summed E-state index contributed by atoms with van der Waals surface area (Å²) in [5.74, 6) is 0. The van der Waals surface area contributed by atoms with Gasteiger partial charge in [0.05, 0.1) is 0 Å². The maximum atomic E-state index is 0. The molecule has 0 radical (unpaired) electrons. The van der Waals surface area contributed by atoms with E-state index in [0.29, 0.717) is 0 Å². The van der Waals surface area contributed by atoms with Gasteiger partial charge >= 0.3 is 21.1 Å². The van der Waals surface area contributed by atoms with Crippen molar-refractivity contribution in [2.24, 2.45) is 0 Å². The zero-order chi connectivity index (χ0) is 0. The van der Waals surface area contributed by atoms with E-state index in [4.69, 9.17) is 0 Å². The van der Waals surface area contributed by atoms with E-state index in [9.17, 15) is 0 Å². The normalized spacial score (nSPS) is 0. The van der Waals surface area contributed by atoms with Crippen LogP contribution in [-0.4, -0.2) is 0 Å². The monoisotopic (exact) mass is 263 g/mol. The number of hydrogen-bond donors (Lipinski definition) is 4. The molecule has 0 aromatic heterocycles. The molecule has 0 heterocycles. The van der Waals surface area contributed by atoms with Crippen molar-refractivity contribution < 1.29 is 21.1 Å². The zero-order valence-electron chi connectivity index (χ0n) is 3.14. The molecule has 0 rings (SSSR count). The van der Waals surface area contributed by atoms with Crippen LogP contribution in [0.5, 0.6) is 0 Å². The number of rotatable bonds is 0. The Bertz CT molecular complexity index is 3.61. The van der Waals surface area contributed by atoms with Gasteiger partial charge in [-0.1, -0.05) is 0 Å². The van der Waals surface area contributed by atoms with Crippen molar-refractivity contribution in [3.63, 3.8) is 0 Å². The van der Waals surface area contributed by atoms with Gasteiger partial charge in [-0.3, -0.25) is 0 Å². The third-order valence-corrected chi connectivity index (χ3v) is 0. The SMILES string of the molecule is N.N.N.N.[Pt+2]. The van der Waals surface area contributed by atoms with E-state index in [2.05, 4.69) is 0 Å². The van der Waals surface area contributed by atoms with E-state index in [1.54, 1.807) is 0 Å². The Morgan fingerprint density at radius 3 is 0.400 bits per heavy atom. The molecule has 0 atom stereocenters. The molecule has 0 aliphatic heterocycles. The fourth-order valence-electron chi connectivity index (χ4n) is 0. The Hall–Kier alpha value is 0.528. The first kappa shape index (κ1) is 406. The molecule has 0 unspecified atom stereocenters. The first-order valence-corrected chi connectivity index (χ1v) is 0. The summed E-state index contributed by atoms with van der Waals surface area (Å²) >= 11 is 0. The van der Waals surface area contributed by atoms with Crippen molar-refractivity contribution >= 4 is 0 Å². The minimum atomic E-state index is 0. The largest absolute Gasteiger partial charge is 2.00 e. The Kier molecular flexibility index (Phi) is 16400. The first-order valence-electron chi connectivity index (χ1n) is 0. The molecule has 5 heteroatoms. The molecule has 0 aromatic rings.